The quantitative estimate of drug-likeness (QED) is 0.721. The highest BCUT2D eigenvalue weighted by atomic mass is 16.2. The zero-order chi connectivity index (χ0) is 13.2. The number of carbonyl (C=O) groups excluding carboxylic acids is 2. The van der Waals surface area contributed by atoms with Gasteiger partial charge in [0, 0.05) is 11.3 Å². The number of amides is 2. The minimum Gasteiger partial charge on any atom is -0.366 e. The van der Waals surface area contributed by atoms with E-state index in [1.54, 1.807) is 39.0 Å². The maximum absolute atomic E-state index is 11.6. The van der Waals surface area contributed by atoms with Crippen molar-refractivity contribution in [1.29, 1.82) is 0 Å². The average Bonchev–Trinajstić information content (AvgIpc) is 2.19. The fraction of sp³-hybridized carbons (Fsp3) is 0.333. The monoisotopic (exact) mass is 235 g/mol. The second kappa shape index (κ2) is 4.55. The Hall–Kier alpha value is -1.88. The van der Waals surface area contributed by atoms with E-state index in [1.165, 1.54) is 0 Å². The van der Waals surface area contributed by atoms with Crippen LogP contribution in [0.15, 0.2) is 18.2 Å². The first-order chi connectivity index (χ1) is 7.71. The molecule has 0 bridgehead atoms. The molecular formula is C12H17N3O2. The van der Waals surface area contributed by atoms with Gasteiger partial charge in [-0.2, -0.15) is 0 Å². The van der Waals surface area contributed by atoms with Gasteiger partial charge in [0.2, 0.25) is 11.8 Å². The molecule has 0 saturated carbocycles. The van der Waals surface area contributed by atoms with Crippen molar-refractivity contribution in [2.24, 2.45) is 11.5 Å². The summed E-state index contributed by atoms with van der Waals surface area (Å²) in [4.78, 5) is 22.8. The number of nitrogens with one attached hydrogen (secondary N) is 1. The molecule has 0 atom stereocenters. The fourth-order valence-electron chi connectivity index (χ4n) is 1.26. The smallest absolute Gasteiger partial charge is 0.249 e. The number of aryl methyl sites for hydroxylation is 1. The highest BCUT2D eigenvalue weighted by Crippen LogP contribution is 2.16. The number of benzene rings is 1. The molecular weight excluding hydrogens is 218 g/mol. The van der Waals surface area contributed by atoms with E-state index in [2.05, 4.69) is 5.32 Å². The van der Waals surface area contributed by atoms with E-state index in [4.69, 9.17) is 11.5 Å². The summed E-state index contributed by atoms with van der Waals surface area (Å²) in [5.74, 6) is -0.845. The van der Waals surface area contributed by atoms with E-state index >= 15 is 0 Å². The Morgan fingerprint density at radius 3 is 2.35 bits per heavy atom. The Kier molecular flexibility index (Phi) is 3.53. The van der Waals surface area contributed by atoms with Crippen LogP contribution in [-0.4, -0.2) is 17.4 Å². The number of rotatable bonds is 3. The third kappa shape index (κ3) is 3.29. The first-order valence-electron chi connectivity index (χ1n) is 5.22. The lowest BCUT2D eigenvalue weighted by molar-refractivity contribution is -0.120. The zero-order valence-corrected chi connectivity index (χ0v) is 10.2. The first-order valence-corrected chi connectivity index (χ1v) is 5.22. The van der Waals surface area contributed by atoms with E-state index in [1.807, 2.05) is 0 Å². The van der Waals surface area contributed by atoms with Gasteiger partial charge in [0.05, 0.1) is 5.54 Å². The van der Waals surface area contributed by atoms with Crippen LogP contribution in [0.3, 0.4) is 0 Å². The van der Waals surface area contributed by atoms with Gasteiger partial charge >= 0.3 is 0 Å². The number of primary amides is 1. The van der Waals surface area contributed by atoms with E-state index in [0.717, 1.165) is 5.56 Å². The molecule has 0 aliphatic heterocycles. The molecule has 0 aliphatic carbocycles. The molecule has 17 heavy (non-hydrogen) atoms. The Bertz CT molecular complexity index is 461. The molecule has 0 spiro atoms. The van der Waals surface area contributed by atoms with Gasteiger partial charge in [0.25, 0.3) is 0 Å². The van der Waals surface area contributed by atoms with Crippen LogP contribution < -0.4 is 16.8 Å². The van der Waals surface area contributed by atoms with Gasteiger partial charge < -0.3 is 16.8 Å². The lowest BCUT2D eigenvalue weighted by atomic mass is 10.0. The minimum atomic E-state index is -0.974. The first kappa shape index (κ1) is 13.2. The largest absolute Gasteiger partial charge is 0.366 e. The molecule has 92 valence electrons. The van der Waals surface area contributed by atoms with Gasteiger partial charge in [-0.3, -0.25) is 9.59 Å². The SMILES string of the molecule is Cc1ccc(NC(=O)C(C)(C)N)cc1C(N)=O. The summed E-state index contributed by atoms with van der Waals surface area (Å²) in [5, 5.41) is 2.63. The highest BCUT2D eigenvalue weighted by molar-refractivity contribution is 6.00. The molecule has 1 aromatic carbocycles. The van der Waals surface area contributed by atoms with Crippen molar-refractivity contribution >= 4 is 17.5 Å². The molecule has 0 aliphatic rings. The summed E-state index contributed by atoms with van der Waals surface area (Å²) >= 11 is 0. The van der Waals surface area contributed by atoms with Crippen LogP contribution in [0.4, 0.5) is 5.69 Å². The summed E-state index contributed by atoms with van der Waals surface area (Å²) in [6, 6.07) is 4.96. The van der Waals surface area contributed by atoms with Gasteiger partial charge in [0.1, 0.15) is 0 Å². The summed E-state index contributed by atoms with van der Waals surface area (Å²) in [6.07, 6.45) is 0. The maximum atomic E-state index is 11.6. The van der Waals surface area contributed by atoms with Crippen LogP contribution in [0.5, 0.6) is 0 Å². The third-order valence-electron chi connectivity index (χ3n) is 2.35. The molecule has 0 radical (unpaired) electrons. The van der Waals surface area contributed by atoms with Crippen LogP contribution >= 0.6 is 0 Å². The highest BCUT2D eigenvalue weighted by Gasteiger charge is 2.22. The van der Waals surface area contributed by atoms with Crippen LogP contribution in [0, 0.1) is 6.92 Å². The van der Waals surface area contributed by atoms with Gasteiger partial charge in [-0.25, -0.2) is 0 Å². The van der Waals surface area contributed by atoms with E-state index in [0.29, 0.717) is 11.3 Å². The van der Waals surface area contributed by atoms with Crippen molar-refractivity contribution in [2.75, 3.05) is 5.32 Å². The molecule has 2 amide bonds. The second-order valence-corrected chi connectivity index (χ2v) is 4.57. The van der Waals surface area contributed by atoms with Gasteiger partial charge in [0.15, 0.2) is 0 Å². The predicted octanol–water partition coefficient (Wildman–Crippen LogP) is 0.770. The normalized spacial score (nSPS) is 11.1. The second-order valence-electron chi connectivity index (χ2n) is 4.57. The summed E-state index contributed by atoms with van der Waals surface area (Å²) in [7, 11) is 0. The molecule has 1 aromatic rings. The molecule has 5 nitrogen and oxygen atoms in total. The van der Waals surface area contributed by atoms with Crippen molar-refractivity contribution in [3.63, 3.8) is 0 Å². The van der Waals surface area contributed by atoms with Gasteiger partial charge in [-0.05, 0) is 38.5 Å². The molecule has 5 N–H and O–H groups in total. The van der Waals surface area contributed by atoms with Crippen molar-refractivity contribution in [1.82, 2.24) is 0 Å². The van der Waals surface area contributed by atoms with Crippen molar-refractivity contribution in [3.8, 4) is 0 Å². The van der Waals surface area contributed by atoms with Crippen LogP contribution in [0.1, 0.15) is 29.8 Å². The Morgan fingerprint density at radius 2 is 1.88 bits per heavy atom. The van der Waals surface area contributed by atoms with Crippen LogP contribution in [0.25, 0.3) is 0 Å². The van der Waals surface area contributed by atoms with Crippen LogP contribution in [0.2, 0.25) is 0 Å². The minimum absolute atomic E-state index is 0.322. The standard InChI is InChI=1S/C12H17N3O2/c1-7-4-5-8(6-9(7)10(13)16)15-11(17)12(2,3)14/h4-6H,14H2,1-3H3,(H2,13,16)(H,15,17). The van der Waals surface area contributed by atoms with Gasteiger partial charge in [-0.1, -0.05) is 6.07 Å². The summed E-state index contributed by atoms with van der Waals surface area (Å²) in [6.45, 7) is 4.98. The number of carbonyl (C=O) groups is 2. The van der Waals surface area contributed by atoms with Gasteiger partial charge in [-0.15, -0.1) is 0 Å². The van der Waals surface area contributed by atoms with Crippen molar-refractivity contribution < 1.29 is 9.59 Å². The maximum Gasteiger partial charge on any atom is 0.249 e. The third-order valence-corrected chi connectivity index (χ3v) is 2.35. The fourth-order valence-corrected chi connectivity index (χ4v) is 1.26. The van der Waals surface area contributed by atoms with E-state index in [-0.39, 0.29) is 5.91 Å². The number of hydrogen-bond donors (Lipinski definition) is 3. The Labute approximate surface area is 100 Å². The van der Waals surface area contributed by atoms with Crippen molar-refractivity contribution in [3.05, 3.63) is 29.3 Å². The molecule has 0 unspecified atom stereocenters. The van der Waals surface area contributed by atoms with E-state index in [9.17, 15) is 9.59 Å². The Morgan fingerprint density at radius 1 is 1.29 bits per heavy atom. The topological polar surface area (TPSA) is 98.2 Å². The summed E-state index contributed by atoms with van der Waals surface area (Å²) < 4.78 is 0. The van der Waals surface area contributed by atoms with Crippen molar-refractivity contribution in [2.45, 2.75) is 26.3 Å². The number of hydrogen-bond acceptors (Lipinski definition) is 3. The average molecular weight is 235 g/mol. The zero-order valence-electron chi connectivity index (χ0n) is 10.2. The molecule has 0 heterocycles. The summed E-state index contributed by atoms with van der Waals surface area (Å²) in [5.41, 5.74) is 11.6. The lowest BCUT2D eigenvalue weighted by Crippen LogP contribution is -2.45. The number of anilines is 1. The predicted molar refractivity (Wildman–Crippen MR) is 66.6 cm³/mol. The Balaban J connectivity index is 2.98. The molecule has 0 aromatic heterocycles. The lowest BCUT2D eigenvalue weighted by Gasteiger charge is -2.18. The molecule has 0 saturated heterocycles. The van der Waals surface area contributed by atoms with E-state index < -0.39 is 11.4 Å². The van der Waals surface area contributed by atoms with Crippen LogP contribution in [-0.2, 0) is 4.79 Å². The molecule has 5 heteroatoms. The number of nitrogens with two attached hydrogens (primary N) is 2. The molecule has 1 rings (SSSR count). The molecule has 0 fully saturated rings.